The Kier molecular flexibility index (Phi) is 3.28. The van der Waals surface area contributed by atoms with Gasteiger partial charge < -0.3 is 14.5 Å². The summed E-state index contributed by atoms with van der Waals surface area (Å²) < 4.78 is 11.4. The van der Waals surface area contributed by atoms with E-state index in [4.69, 9.17) is 9.15 Å². The number of rotatable bonds is 3. The van der Waals surface area contributed by atoms with E-state index < -0.39 is 0 Å². The lowest BCUT2D eigenvalue weighted by Crippen LogP contribution is -2.34. The molecule has 3 heterocycles. The van der Waals surface area contributed by atoms with E-state index in [1.54, 1.807) is 12.5 Å². The average Bonchev–Trinajstić information content (AvgIpc) is 2.94. The van der Waals surface area contributed by atoms with Gasteiger partial charge in [0.25, 0.3) is 0 Å². The molecule has 0 aromatic carbocycles. The van der Waals surface area contributed by atoms with Gasteiger partial charge in [0.1, 0.15) is 11.9 Å². The van der Waals surface area contributed by atoms with Crippen molar-refractivity contribution in [3.8, 4) is 17.2 Å². The first-order valence-electron chi connectivity index (χ1n) is 6.30. The van der Waals surface area contributed by atoms with Crippen molar-refractivity contribution < 1.29 is 9.15 Å². The Morgan fingerprint density at radius 1 is 1.22 bits per heavy atom. The minimum absolute atomic E-state index is 0.245. The van der Waals surface area contributed by atoms with Crippen LogP contribution in [-0.2, 0) is 0 Å². The van der Waals surface area contributed by atoms with Gasteiger partial charge in [0, 0.05) is 6.20 Å². The molecule has 2 aromatic rings. The number of pyridine rings is 1. The molecule has 1 aliphatic heterocycles. The number of ether oxygens (including phenoxy) is 1. The van der Waals surface area contributed by atoms with Crippen LogP contribution in [0.5, 0.6) is 5.88 Å². The third-order valence-corrected chi connectivity index (χ3v) is 3.12. The molecule has 0 bridgehead atoms. The van der Waals surface area contributed by atoms with Gasteiger partial charge in [-0.05, 0) is 50.2 Å². The second-order valence-electron chi connectivity index (χ2n) is 4.40. The maximum absolute atomic E-state index is 6.00. The van der Waals surface area contributed by atoms with E-state index in [2.05, 4.69) is 10.3 Å². The van der Waals surface area contributed by atoms with Gasteiger partial charge in [0.05, 0.1) is 11.8 Å². The highest BCUT2D eigenvalue weighted by Gasteiger charge is 2.18. The van der Waals surface area contributed by atoms with Gasteiger partial charge in [-0.15, -0.1) is 0 Å². The molecule has 0 unspecified atom stereocenters. The first-order valence-corrected chi connectivity index (χ1v) is 6.30. The summed E-state index contributed by atoms with van der Waals surface area (Å²) in [7, 11) is 0. The molecule has 2 aromatic heterocycles. The molecule has 1 aliphatic rings. The Balaban J connectivity index is 1.83. The summed E-state index contributed by atoms with van der Waals surface area (Å²) in [5.74, 6) is 1.46. The fraction of sp³-hybridized carbons (Fsp3) is 0.357. The van der Waals surface area contributed by atoms with Crippen LogP contribution in [0.3, 0.4) is 0 Å². The highest BCUT2D eigenvalue weighted by atomic mass is 16.5. The van der Waals surface area contributed by atoms with Crippen molar-refractivity contribution in [2.75, 3.05) is 13.1 Å². The van der Waals surface area contributed by atoms with Crippen LogP contribution in [0.25, 0.3) is 11.3 Å². The Morgan fingerprint density at radius 2 is 2.11 bits per heavy atom. The van der Waals surface area contributed by atoms with Crippen molar-refractivity contribution in [2.45, 2.75) is 18.9 Å². The largest absolute Gasteiger partial charge is 0.474 e. The normalized spacial score (nSPS) is 16.7. The summed E-state index contributed by atoms with van der Waals surface area (Å²) >= 11 is 0. The summed E-state index contributed by atoms with van der Waals surface area (Å²) in [6.45, 7) is 2.02. The fourth-order valence-corrected chi connectivity index (χ4v) is 2.18. The molecule has 94 valence electrons. The lowest BCUT2D eigenvalue weighted by Gasteiger charge is -2.23. The Morgan fingerprint density at radius 3 is 2.89 bits per heavy atom. The first-order chi connectivity index (χ1) is 8.93. The summed E-state index contributed by atoms with van der Waals surface area (Å²) in [5.41, 5.74) is 0.918. The predicted molar refractivity (Wildman–Crippen MR) is 68.5 cm³/mol. The van der Waals surface area contributed by atoms with Crippen molar-refractivity contribution in [3.63, 3.8) is 0 Å². The molecule has 18 heavy (non-hydrogen) atoms. The smallest absolute Gasteiger partial charge is 0.224 e. The van der Waals surface area contributed by atoms with Crippen LogP contribution in [0, 0.1) is 0 Å². The molecular weight excluding hydrogens is 228 g/mol. The third-order valence-electron chi connectivity index (χ3n) is 3.12. The van der Waals surface area contributed by atoms with Gasteiger partial charge >= 0.3 is 0 Å². The second kappa shape index (κ2) is 5.23. The van der Waals surface area contributed by atoms with Gasteiger partial charge in [0.2, 0.25) is 5.88 Å². The Hall–Kier alpha value is -1.81. The SMILES string of the molecule is c1coc(-c2cccnc2OC2CCNCC2)c1. The van der Waals surface area contributed by atoms with Gasteiger partial charge in [-0.25, -0.2) is 4.98 Å². The van der Waals surface area contributed by atoms with E-state index in [9.17, 15) is 0 Å². The van der Waals surface area contributed by atoms with E-state index >= 15 is 0 Å². The maximum Gasteiger partial charge on any atom is 0.224 e. The first kappa shape index (κ1) is 11.3. The van der Waals surface area contributed by atoms with Crippen LogP contribution in [0.15, 0.2) is 41.1 Å². The number of aromatic nitrogens is 1. The van der Waals surface area contributed by atoms with E-state index in [-0.39, 0.29) is 6.10 Å². The molecule has 0 aliphatic carbocycles. The molecule has 0 atom stereocenters. The average molecular weight is 244 g/mol. The van der Waals surface area contributed by atoms with Crippen molar-refractivity contribution in [1.82, 2.24) is 10.3 Å². The predicted octanol–water partition coefficient (Wildman–Crippen LogP) is 2.47. The van der Waals surface area contributed by atoms with Crippen LogP contribution in [-0.4, -0.2) is 24.2 Å². The summed E-state index contributed by atoms with van der Waals surface area (Å²) in [5, 5.41) is 3.32. The van der Waals surface area contributed by atoms with Crippen LogP contribution in [0.2, 0.25) is 0 Å². The third kappa shape index (κ3) is 2.38. The minimum Gasteiger partial charge on any atom is -0.474 e. The molecule has 4 heteroatoms. The van der Waals surface area contributed by atoms with Gasteiger partial charge in [-0.3, -0.25) is 0 Å². The van der Waals surface area contributed by atoms with Crippen molar-refractivity contribution in [1.29, 1.82) is 0 Å². The topological polar surface area (TPSA) is 47.3 Å². The molecular formula is C14H16N2O2. The zero-order valence-corrected chi connectivity index (χ0v) is 10.1. The minimum atomic E-state index is 0.245. The zero-order chi connectivity index (χ0) is 12.2. The number of nitrogens with zero attached hydrogens (tertiary/aromatic N) is 1. The molecule has 1 fully saturated rings. The Bertz CT molecular complexity index is 490. The quantitative estimate of drug-likeness (QED) is 0.901. The van der Waals surface area contributed by atoms with Crippen molar-refractivity contribution >= 4 is 0 Å². The van der Waals surface area contributed by atoms with Gasteiger partial charge in [-0.1, -0.05) is 0 Å². The molecule has 0 spiro atoms. The number of hydrogen-bond acceptors (Lipinski definition) is 4. The van der Waals surface area contributed by atoms with Crippen LogP contribution in [0.4, 0.5) is 0 Å². The molecule has 1 N–H and O–H groups in total. The van der Waals surface area contributed by atoms with Gasteiger partial charge in [0.15, 0.2) is 0 Å². The van der Waals surface area contributed by atoms with Crippen LogP contribution < -0.4 is 10.1 Å². The lowest BCUT2D eigenvalue weighted by molar-refractivity contribution is 0.156. The summed E-state index contributed by atoms with van der Waals surface area (Å²) in [6, 6.07) is 7.67. The standard InChI is InChI=1S/C14H16N2O2/c1-3-12(13-4-2-10-17-13)14(16-7-1)18-11-5-8-15-9-6-11/h1-4,7,10-11,15H,5-6,8-9H2. The van der Waals surface area contributed by atoms with E-state index in [1.165, 1.54) is 0 Å². The molecule has 0 radical (unpaired) electrons. The van der Waals surface area contributed by atoms with E-state index in [0.717, 1.165) is 37.3 Å². The highest BCUT2D eigenvalue weighted by molar-refractivity contribution is 5.62. The number of nitrogens with one attached hydrogen (secondary N) is 1. The number of hydrogen-bond donors (Lipinski definition) is 1. The molecule has 0 amide bonds. The summed E-state index contributed by atoms with van der Waals surface area (Å²) in [6.07, 6.45) is 5.71. The molecule has 1 saturated heterocycles. The maximum atomic E-state index is 6.00. The van der Waals surface area contributed by atoms with E-state index in [0.29, 0.717) is 5.88 Å². The second-order valence-corrected chi connectivity index (χ2v) is 4.40. The lowest BCUT2D eigenvalue weighted by atomic mass is 10.1. The zero-order valence-electron chi connectivity index (χ0n) is 10.1. The number of piperidine rings is 1. The monoisotopic (exact) mass is 244 g/mol. The fourth-order valence-electron chi connectivity index (χ4n) is 2.18. The Labute approximate surface area is 106 Å². The van der Waals surface area contributed by atoms with Crippen LogP contribution in [0.1, 0.15) is 12.8 Å². The number of furan rings is 1. The highest BCUT2D eigenvalue weighted by Crippen LogP contribution is 2.29. The van der Waals surface area contributed by atoms with Crippen LogP contribution >= 0.6 is 0 Å². The van der Waals surface area contributed by atoms with Gasteiger partial charge in [-0.2, -0.15) is 0 Å². The van der Waals surface area contributed by atoms with Crippen molar-refractivity contribution in [3.05, 3.63) is 36.7 Å². The van der Waals surface area contributed by atoms with Crippen molar-refractivity contribution in [2.24, 2.45) is 0 Å². The summed E-state index contributed by atoms with van der Waals surface area (Å²) in [4.78, 5) is 4.33. The molecule has 4 nitrogen and oxygen atoms in total. The molecule has 0 saturated carbocycles. The molecule has 3 rings (SSSR count). The van der Waals surface area contributed by atoms with E-state index in [1.807, 2.05) is 24.3 Å².